The topological polar surface area (TPSA) is 76.9 Å². The molecule has 2 rings (SSSR count). The predicted octanol–water partition coefficient (Wildman–Crippen LogP) is 1.34. The van der Waals surface area contributed by atoms with Crippen molar-refractivity contribution in [1.29, 1.82) is 0 Å². The maximum absolute atomic E-state index is 12.2. The van der Waals surface area contributed by atoms with E-state index >= 15 is 0 Å². The van der Waals surface area contributed by atoms with Gasteiger partial charge in [-0.05, 0) is 31.0 Å². The fraction of sp³-hybridized carbons (Fsp3) is 0.385. The van der Waals surface area contributed by atoms with Crippen LogP contribution in [0.4, 0.5) is 0 Å². The normalized spacial score (nSPS) is 11.7. The number of hydrogen-bond donors (Lipinski definition) is 1. The smallest absolute Gasteiger partial charge is 0.240 e. The van der Waals surface area contributed by atoms with E-state index in [-0.39, 0.29) is 11.4 Å². The lowest BCUT2D eigenvalue weighted by atomic mass is 10.2. The van der Waals surface area contributed by atoms with Gasteiger partial charge in [0, 0.05) is 6.54 Å². The minimum Gasteiger partial charge on any atom is -0.317 e. The van der Waals surface area contributed by atoms with E-state index in [0.29, 0.717) is 12.4 Å². The van der Waals surface area contributed by atoms with Crippen molar-refractivity contribution in [2.45, 2.75) is 38.3 Å². The van der Waals surface area contributed by atoms with E-state index in [4.69, 9.17) is 0 Å². The van der Waals surface area contributed by atoms with Crippen molar-refractivity contribution in [3.8, 4) is 0 Å². The van der Waals surface area contributed by atoms with Crippen LogP contribution >= 0.6 is 0 Å². The third-order valence-electron chi connectivity index (χ3n) is 3.10. The molecule has 0 amide bonds. The van der Waals surface area contributed by atoms with Crippen LogP contribution in [0.3, 0.4) is 0 Å². The van der Waals surface area contributed by atoms with E-state index < -0.39 is 10.0 Å². The number of nitrogens with one attached hydrogen (secondary N) is 1. The first kappa shape index (κ1) is 14.7. The highest BCUT2D eigenvalue weighted by molar-refractivity contribution is 7.89. The SMILES string of the molecule is CCc1ccc(S(=O)(=O)NCc2nncn2CC)cc1. The van der Waals surface area contributed by atoms with Crippen LogP contribution in [0.15, 0.2) is 35.5 Å². The molecule has 1 aromatic carbocycles. The summed E-state index contributed by atoms with van der Waals surface area (Å²) in [5.74, 6) is 0.598. The summed E-state index contributed by atoms with van der Waals surface area (Å²) in [4.78, 5) is 0.261. The number of sulfonamides is 1. The number of aryl methyl sites for hydroxylation is 2. The number of hydrogen-bond acceptors (Lipinski definition) is 4. The van der Waals surface area contributed by atoms with Crippen molar-refractivity contribution in [3.63, 3.8) is 0 Å². The van der Waals surface area contributed by atoms with Crippen LogP contribution < -0.4 is 4.72 Å². The maximum Gasteiger partial charge on any atom is 0.240 e. The zero-order valence-corrected chi connectivity index (χ0v) is 12.4. The molecule has 0 atom stereocenters. The zero-order valence-electron chi connectivity index (χ0n) is 11.6. The van der Waals surface area contributed by atoms with Crippen LogP contribution in [0.25, 0.3) is 0 Å². The lowest BCUT2D eigenvalue weighted by Gasteiger charge is -2.07. The Bertz CT molecular complexity index is 662. The third kappa shape index (κ3) is 3.23. The molecule has 0 bridgehead atoms. The highest BCUT2D eigenvalue weighted by Gasteiger charge is 2.15. The summed E-state index contributed by atoms with van der Waals surface area (Å²) in [5.41, 5.74) is 1.11. The van der Waals surface area contributed by atoms with Gasteiger partial charge in [0.15, 0.2) is 0 Å². The van der Waals surface area contributed by atoms with Gasteiger partial charge in [0.05, 0.1) is 11.4 Å². The lowest BCUT2D eigenvalue weighted by molar-refractivity contribution is 0.575. The molecular weight excluding hydrogens is 276 g/mol. The van der Waals surface area contributed by atoms with Crippen molar-refractivity contribution >= 4 is 10.0 Å². The van der Waals surface area contributed by atoms with E-state index in [1.165, 1.54) is 0 Å². The van der Waals surface area contributed by atoms with Gasteiger partial charge in [0.2, 0.25) is 10.0 Å². The summed E-state index contributed by atoms with van der Waals surface area (Å²) in [6.45, 7) is 4.81. The largest absolute Gasteiger partial charge is 0.317 e. The monoisotopic (exact) mass is 294 g/mol. The maximum atomic E-state index is 12.2. The summed E-state index contributed by atoms with van der Waals surface area (Å²) in [7, 11) is -3.52. The summed E-state index contributed by atoms with van der Waals surface area (Å²) in [6, 6.07) is 6.88. The Morgan fingerprint density at radius 1 is 1.20 bits per heavy atom. The van der Waals surface area contributed by atoms with Crippen LogP contribution in [-0.2, 0) is 29.5 Å². The van der Waals surface area contributed by atoms with Crippen LogP contribution in [-0.4, -0.2) is 23.2 Å². The van der Waals surface area contributed by atoms with Crippen LogP contribution in [0, 0.1) is 0 Å². The van der Waals surface area contributed by atoms with Gasteiger partial charge in [-0.15, -0.1) is 10.2 Å². The molecule has 108 valence electrons. The molecule has 0 aliphatic heterocycles. The van der Waals surface area contributed by atoms with E-state index in [2.05, 4.69) is 14.9 Å². The Balaban J connectivity index is 2.10. The van der Waals surface area contributed by atoms with E-state index in [0.717, 1.165) is 12.0 Å². The molecule has 1 aromatic heterocycles. The van der Waals surface area contributed by atoms with E-state index in [1.54, 1.807) is 23.0 Å². The summed E-state index contributed by atoms with van der Waals surface area (Å²) in [6.07, 6.45) is 2.47. The number of rotatable bonds is 6. The van der Waals surface area contributed by atoms with E-state index in [1.807, 2.05) is 26.0 Å². The second-order valence-corrected chi connectivity index (χ2v) is 6.12. The Kier molecular flexibility index (Phi) is 4.51. The third-order valence-corrected chi connectivity index (χ3v) is 4.52. The van der Waals surface area contributed by atoms with Crippen LogP contribution in [0.2, 0.25) is 0 Å². The number of benzene rings is 1. The summed E-state index contributed by atoms with van der Waals surface area (Å²) in [5, 5.41) is 7.66. The van der Waals surface area contributed by atoms with Crippen LogP contribution in [0.1, 0.15) is 25.2 Å². The summed E-state index contributed by atoms with van der Waals surface area (Å²) < 4.78 is 28.6. The minimum absolute atomic E-state index is 0.131. The fourth-order valence-corrected chi connectivity index (χ4v) is 2.81. The second kappa shape index (κ2) is 6.15. The van der Waals surface area contributed by atoms with Gasteiger partial charge in [-0.2, -0.15) is 0 Å². The summed E-state index contributed by atoms with van der Waals surface area (Å²) >= 11 is 0. The van der Waals surface area contributed by atoms with Gasteiger partial charge >= 0.3 is 0 Å². The average Bonchev–Trinajstić information content (AvgIpc) is 2.93. The molecular formula is C13H18N4O2S. The molecule has 1 heterocycles. The van der Waals surface area contributed by atoms with Crippen molar-refractivity contribution in [3.05, 3.63) is 42.0 Å². The molecule has 0 fully saturated rings. The zero-order chi connectivity index (χ0) is 14.6. The second-order valence-electron chi connectivity index (χ2n) is 4.36. The van der Waals surface area contributed by atoms with E-state index in [9.17, 15) is 8.42 Å². The van der Waals surface area contributed by atoms with Crippen LogP contribution in [0.5, 0.6) is 0 Å². The van der Waals surface area contributed by atoms with Gasteiger partial charge < -0.3 is 4.57 Å². The average molecular weight is 294 g/mol. The molecule has 0 aliphatic carbocycles. The first-order valence-electron chi connectivity index (χ1n) is 6.52. The molecule has 7 heteroatoms. The lowest BCUT2D eigenvalue weighted by Crippen LogP contribution is -2.25. The van der Waals surface area contributed by atoms with Crippen molar-refractivity contribution in [2.24, 2.45) is 0 Å². The van der Waals surface area contributed by atoms with Gasteiger partial charge in [0.1, 0.15) is 12.2 Å². The quantitative estimate of drug-likeness (QED) is 0.872. The standard InChI is InChI=1S/C13H18N4O2S/c1-3-11-5-7-12(8-6-11)20(18,19)15-9-13-16-14-10-17(13)4-2/h5-8,10,15H,3-4,9H2,1-2H3. The Morgan fingerprint density at radius 2 is 1.90 bits per heavy atom. The molecule has 6 nitrogen and oxygen atoms in total. The molecule has 20 heavy (non-hydrogen) atoms. The molecule has 0 spiro atoms. The van der Waals surface area contributed by atoms with Gasteiger partial charge in [0.25, 0.3) is 0 Å². The molecule has 1 N–H and O–H groups in total. The first-order chi connectivity index (χ1) is 9.56. The Labute approximate surface area is 118 Å². The number of nitrogens with zero attached hydrogens (tertiary/aromatic N) is 3. The molecule has 0 aliphatic rings. The fourth-order valence-electron chi connectivity index (χ4n) is 1.83. The molecule has 2 aromatic rings. The Hall–Kier alpha value is -1.73. The van der Waals surface area contributed by atoms with Gasteiger partial charge in [-0.1, -0.05) is 19.1 Å². The van der Waals surface area contributed by atoms with Crippen molar-refractivity contribution < 1.29 is 8.42 Å². The van der Waals surface area contributed by atoms with Crippen molar-refractivity contribution in [1.82, 2.24) is 19.5 Å². The van der Waals surface area contributed by atoms with Crippen molar-refractivity contribution in [2.75, 3.05) is 0 Å². The minimum atomic E-state index is -3.52. The number of aromatic nitrogens is 3. The Morgan fingerprint density at radius 3 is 2.50 bits per heavy atom. The van der Waals surface area contributed by atoms with Gasteiger partial charge in [-0.3, -0.25) is 0 Å². The molecule has 0 saturated heterocycles. The highest BCUT2D eigenvalue weighted by Crippen LogP contribution is 2.11. The predicted molar refractivity (Wildman–Crippen MR) is 75.5 cm³/mol. The first-order valence-corrected chi connectivity index (χ1v) is 8.00. The highest BCUT2D eigenvalue weighted by atomic mass is 32.2. The molecule has 0 radical (unpaired) electrons. The van der Waals surface area contributed by atoms with Gasteiger partial charge in [-0.25, -0.2) is 13.1 Å². The molecule has 0 saturated carbocycles. The molecule has 0 unspecified atom stereocenters.